The fourth-order valence-corrected chi connectivity index (χ4v) is 5.29. The maximum Gasteiger partial charge on any atom is 0.438 e. The molecule has 35 heavy (non-hydrogen) atoms. The molecule has 4 rings (SSSR count). The Balaban J connectivity index is 1.31. The molecule has 2 saturated heterocycles. The van der Waals surface area contributed by atoms with E-state index in [4.69, 9.17) is 0 Å². The molecule has 1 N–H and O–H groups in total. The lowest BCUT2D eigenvalue weighted by atomic mass is 10.00. The zero-order valence-electron chi connectivity index (χ0n) is 20.2. The molecule has 3 heterocycles. The summed E-state index contributed by atoms with van der Waals surface area (Å²) in [6.07, 6.45) is 2.13. The third-order valence-electron chi connectivity index (χ3n) is 7.24. The number of amides is 1. The first-order chi connectivity index (χ1) is 16.8. The minimum Gasteiger partial charge on any atom is -0.354 e. The number of nitrogens with one attached hydrogen (secondary N) is 1. The maximum atomic E-state index is 13.4. The van der Waals surface area contributed by atoms with E-state index >= 15 is 0 Å². The molecule has 0 bridgehead atoms. The summed E-state index contributed by atoms with van der Waals surface area (Å²) in [5, 5.41) is 2.80. The monoisotopic (exact) mass is 493 g/mol. The molecule has 1 atom stereocenters. The molecule has 2 aliphatic heterocycles. The van der Waals surface area contributed by atoms with E-state index in [1.165, 1.54) is 64.3 Å². The van der Waals surface area contributed by atoms with Gasteiger partial charge < -0.3 is 15.1 Å². The Morgan fingerprint density at radius 2 is 1.80 bits per heavy atom. The Labute approximate surface area is 203 Å². The van der Waals surface area contributed by atoms with Gasteiger partial charge in [0.15, 0.2) is 0 Å². The average molecular weight is 494 g/mol. The molecule has 1 aromatic carbocycles. The van der Waals surface area contributed by atoms with Crippen molar-refractivity contribution < 1.29 is 18.0 Å². The van der Waals surface area contributed by atoms with Crippen LogP contribution in [0.4, 0.5) is 13.2 Å². The Kier molecular flexibility index (Phi) is 8.11. The van der Waals surface area contributed by atoms with Gasteiger partial charge in [-0.15, -0.1) is 0 Å². The number of likely N-dealkylation sites (tertiary alicyclic amines) is 2. The van der Waals surface area contributed by atoms with Crippen molar-refractivity contribution in [2.45, 2.75) is 63.7 Å². The van der Waals surface area contributed by atoms with Crippen molar-refractivity contribution in [2.75, 3.05) is 39.3 Å². The molecule has 1 amide bonds. The number of carbonyl (C=O) groups is 1. The van der Waals surface area contributed by atoms with Crippen molar-refractivity contribution >= 4 is 16.9 Å². The number of piperidine rings is 2. The maximum absolute atomic E-state index is 13.4. The smallest absolute Gasteiger partial charge is 0.354 e. The zero-order chi connectivity index (χ0) is 25.0. The number of aromatic nitrogens is 2. The van der Waals surface area contributed by atoms with Gasteiger partial charge in [-0.3, -0.25) is 14.2 Å². The van der Waals surface area contributed by atoms with Crippen LogP contribution in [0, 0.1) is 0 Å². The third-order valence-corrected chi connectivity index (χ3v) is 7.24. The van der Waals surface area contributed by atoms with Crippen molar-refractivity contribution in [2.24, 2.45) is 0 Å². The Morgan fingerprint density at radius 3 is 2.49 bits per heavy atom. The van der Waals surface area contributed by atoms with Crippen LogP contribution in [-0.2, 0) is 11.0 Å². The van der Waals surface area contributed by atoms with Crippen LogP contribution < -0.4 is 10.9 Å². The van der Waals surface area contributed by atoms with Crippen molar-refractivity contribution in [3.8, 4) is 0 Å². The number of hydrogen-bond acceptors (Lipinski definition) is 5. The van der Waals surface area contributed by atoms with Crippen LogP contribution in [0.25, 0.3) is 11.0 Å². The van der Waals surface area contributed by atoms with Gasteiger partial charge in [-0.2, -0.15) is 13.2 Å². The summed E-state index contributed by atoms with van der Waals surface area (Å²) in [4.78, 5) is 34.0. The summed E-state index contributed by atoms with van der Waals surface area (Å²) >= 11 is 0. The highest BCUT2D eigenvalue weighted by molar-refractivity contribution is 5.83. The van der Waals surface area contributed by atoms with E-state index in [1.54, 1.807) is 12.1 Å². The van der Waals surface area contributed by atoms with Gasteiger partial charge in [0.1, 0.15) is 6.04 Å². The number of carbonyl (C=O) groups excluding carboxylic acids is 1. The van der Waals surface area contributed by atoms with E-state index in [1.807, 2.05) is 0 Å². The van der Waals surface area contributed by atoms with Crippen LogP contribution in [0.3, 0.4) is 0 Å². The first-order valence-electron chi connectivity index (χ1n) is 12.6. The molecule has 1 aromatic heterocycles. The standard InChI is InChI=1S/C25H34F3N5O2/c1-18(33-21-9-4-3-8-20(21)30-22(24(33)35)25(26,27)28)23(34)29-12-7-13-31-16-10-19(11-17-31)32-14-5-2-6-15-32/h3-4,8-9,18-19H,2,5-7,10-17H2,1H3,(H,29,34)/t18-/m1/s1. The molecule has 0 saturated carbocycles. The van der Waals surface area contributed by atoms with E-state index in [-0.39, 0.29) is 11.0 Å². The number of rotatable bonds is 7. The lowest BCUT2D eigenvalue weighted by molar-refractivity contribution is -0.142. The van der Waals surface area contributed by atoms with Crippen LogP contribution in [0.2, 0.25) is 0 Å². The molecular formula is C25H34F3N5O2. The second kappa shape index (κ2) is 11.1. The van der Waals surface area contributed by atoms with Gasteiger partial charge in [0, 0.05) is 12.6 Å². The molecule has 0 radical (unpaired) electrons. The normalized spacial score (nSPS) is 19.7. The molecule has 10 heteroatoms. The quantitative estimate of drug-likeness (QED) is 0.599. The Bertz CT molecular complexity index is 1070. The summed E-state index contributed by atoms with van der Waals surface area (Å²) in [6.45, 7) is 7.23. The van der Waals surface area contributed by atoms with Crippen LogP contribution >= 0.6 is 0 Å². The average Bonchev–Trinajstić information content (AvgIpc) is 2.86. The Hall–Kier alpha value is -2.46. The van der Waals surface area contributed by atoms with Gasteiger partial charge in [-0.25, -0.2) is 4.98 Å². The third kappa shape index (κ3) is 6.03. The highest BCUT2D eigenvalue weighted by atomic mass is 19.4. The van der Waals surface area contributed by atoms with Gasteiger partial charge in [0.25, 0.3) is 5.56 Å². The molecule has 0 aliphatic carbocycles. The number of halogens is 3. The predicted molar refractivity (Wildman–Crippen MR) is 128 cm³/mol. The van der Waals surface area contributed by atoms with E-state index in [0.717, 1.165) is 30.6 Å². The summed E-state index contributed by atoms with van der Waals surface area (Å²) in [5.41, 5.74) is -2.60. The minimum absolute atomic E-state index is 0.0204. The first kappa shape index (κ1) is 25.6. The number of para-hydroxylation sites is 2. The molecule has 192 valence electrons. The second-order valence-electron chi connectivity index (χ2n) is 9.61. The molecule has 7 nitrogen and oxygen atoms in total. The van der Waals surface area contributed by atoms with E-state index in [2.05, 4.69) is 20.1 Å². The highest BCUT2D eigenvalue weighted by Gasteiger charge is 2.38. The summed E-state index contributed by atoms with van der Waals surface area (Å²) in [5.74, 6) is -0.486. The van der Waals surface area contributed by atoms with Crippen molar-refractivity contribution in [3.63, 3.8) is 0 Å². The fourth-order valence-electron chi connectivity index (χ4n) is 5.29. The van der Waals surface area contributed by atoms with E-state index in [9.17, 15) is 22.8 Å². The van der Waals surface area contributed by atoms with Crippen LogP contribution in [-0.4, -0.2) is 70.6 Å². The number of fused-ring (bicyclic) bond motifs is 1. The van der Waals surface area contributed by atoms with Crippen LogP contribution in [0.15, 0.2) is 29.1 Å². The lowest BCUT2D eigenvalue weighted by Gasteiger charge is -2.40. The summed E-state index contributed by atoms with van der Waals surface area (Å²) < 4.78 is 41.1. The first-order valence-corrected chi connectivity index (χ1v) is 12.6. The van der Waals surface area contributed by atoms with Crippen LogP contribution in [0.5, 0.6) is 0 Å². The van der Waals surface area contributed by atoms with Crippen molar-refractivity contribution in [1.82, 2.24) is 24.7 Å². The van der Waals surface area contributed by atoms with Crippen molar-refractivity contribution in [1.29, 1.82) is 0 Å². The molecule has 2 fully saturated rings. The van der Waals surface area contributed by atoms with Crippen molar-refractivity contribution in [3.05, 3.63) is 40.3 Å². The van der Waals surface area contributed by atoms with Gasteiger partial charge in [-0.1, -0.05) is 18.6 Å². The van der Waals surface area contributed by atoms with E-state index in [0.29, 0.717) is 12.6 Å². The topological polar surface area (TPSA) is 70.5 Å². The van der Waals surface area contributed by atoms with Gasteiger partial charge >= 0.3 is 6.18 Å². The second-order valence-corrected chi connectivity index (χ2v) is 9.61. The minimum atomic E-state index is -4.90. The number of hydrogen-bond donors (Lipinski definition) is 1. The van der Waals surface area contributed by atoms with Gasteiger partial charge in [0.05, 0.1) is 11.0 Å². The fraction of sp³-hybridized carbons (Fsp3) is 0.640. The zero-order valence-corrected chi connectivity index (χ0v) is 20.2. The number of alkyl halides is 3. The number of nitrogens with zero attached hydrogens (tertiary/aromatic N) is 4. The Morgan fingerprint density at radius 1 is 1.11 bits per heavy atom. The molecule has 2 aromatic rings. The molecule has 0 spiro atoms. The van der Waals surface area contributed by atoms with Gasteiger partial charge in [-0.05, 0) is 83.9 Å². The predicted octanol–water partition coefficient (Wildman–Crippen LogP) is 3.43. The lowest BCUT2D eigenvalue weighted by Crippen LogP contribution is -2.47. The molecular weight excluding hydrogens is 459 g/mol. The summed E-state index contributed by atoms with van der Waals surface area (Å²) in [7, 11) is 0. The SMILES string of the molecule is C[C@H](C(=O)NCCCN1CCC(N2CCCCC2)CC1)n1c(=O)c(C(F)(F)F)nc2ccccc21. The largest absolute Gasteiger partial charge is 0.438 e. The van der Waals surface area contributed by atoms with Crippen LogP contribution in [0.1, 0.15) is 57.2 Å². The van der Waals surface area contributed by atoms with Gasteiger partial charge in [0.2, 0.25) is 11.6 Å². The van der Waals surface area contributed by atoms with E-state index < -0.39 is 29.4 Å². The molecule has 2 aliphatic rings. The summed E-state index contributed by atoms with van der Waals surface area (Å²) in [6, 6.07) is 5.64. The number of benzene rings is 1. The molecule has 0 unspecified atom stereocenters. The highest BCUT2D eigenvalue weighted by Crippen LogP contribution is 2.27.